The number of nitrogens with one attached hydrogen (secondary N) is 3. The molecule has 0 saturated heterocycles. The third kappa shape index (κ3) is 4.01. The lowest BCUT2D eigenvalue weighted by Gasteiger charge is -2.17. The van der Waals surface area contributed by atoms with Crippen LogP contribution in [0.4, 0.5) is 4.39 Å². The minimum atomic E-state index is -0.870. The van der Waals surface area contributed by atoms with Crippen LogP contribution in [-0.2, 0) is 17.6 Å². The van der Waals surface area contributed by atoms with E-state index in [9.17, 15) is 14.0 Å². The van der Waals surface area contributed by atoms with E-state index >= 15 is 0 Å². The fraction of sp³-hybridized carbons (Fsp3) is 0.304. The van der Waals surface area contributed by atoms with Crippen molar-refractivity contribution < 1.29 is 18.7 Å². The van der Waals surface area contributed by atoms with Crippen LogP contribution in [0, 0.1) is 11.7 Å². The maximum atomic E-state index is 13.0. The summed E-state index contributed by atoms with van der Waals surface area (Å²) in [5.41, 5.74) is 8.59. The van der Waals surface area contributed by atoms with Crippen molar-refractivity contribution in [1.82, 2.24) is 15.8 Å². The summed E-state index contributed by atoms with van der Waals surface area (Å²) >= 11 is 0. The van der Waals surface area contributed by atoms with E-state index in [-0.39, 0.29) is 5.82 Å². The average molecular weight is 409 g/mol. The lowest BCUT2D eigenvalue weighted by atomic mass is 9.87. The Labute approximate surface area is 173 Å². The number of aromatic amines is 1. The van der Waals surface area contributed by atoms with Crippen LogP contribution in [0.15, 0.2) is 42.5 Å². The molecule has 7 heteroatoms. The van der Waals surface area contributed by atoms with Crippen molar-refractivity contribution in [2.75, 3.05) is 0 Å². The third-order valence-corrected chi connectivity index (χ3v) is 5.51. The van der Waals surface area contributed by atoms with Crippen molar-refractivity contribution >= 4 is 22.7 Å². The molecule has 30 heavy (non-hydrogen) atoms. The van der Waals surface area contributed by atoms with Gasteiger partial charge in [0, 0.05) is 11.1 Å². The molecule has 3 N–H and O–H groups in total. The SMILES string of the molecule is CC1CCc2[nH]c3c(C(=O)NNC(=O)C(C)Oc4ccc(F)cc4)cccc3c2C1. The zero-order valence-corrected chi connectivity index (χ0v) is 16.9. The van der Waals surface area contributed by atoms with Gasteiger partial charge in [0.2, 0.25) is 0 Å². The molecule has 1 aromatic heterocycles. The molecular weight excluding hydrogens is 385 g/mol. The van der Waals surface area contributed by atoms with E-state index in [2.05, 4.69) is 22.8 Å². The lowest BCUT2D eigenvalue weighted by Crippen LogP contribution is -2.47. The highest BCUT2D eigenvalue weighted by Gasteiger charge is 2.23. The molecule has 2 atom stereocenters. The first kappa shape index (κ1) is 19.9. The van der Waals surface area contributed by atoms with Crippen LogP contribution in [0.2, 0.25) is 0 Å². The van der Waals surface area contributed by atoms with Gasteiger partial charge in [-0.2, -0.15) is 0 Å². The molecule has 0 aliphatic heterocycles. The van der Waals surface area contributed by atoms with Gasteiger partial charge < -0.3 is 9.72 Å². The van der Waals surface area contributed by atoms with Gasteiger partial charge in [-0.15, -0.1) is 0 Å². The summed E-state index contributed by atoms with van der Waals surface area (Å²) in [4.78, 5) is 28.4. The van der Waals surface area contributed by atoms with Crippen molar-refractivity contribution in [3.63, 3.8) is 0 Å². The largest absolute Gasteiger partial charge is 0.481 e. The number of rotatable bonds is 4. The molecule has 2 unspecified atom stereocenters. The molecular formula is C23H24FN3O3. The smallest absolute Gasteiger partial charge is 0.279 e. The van der Waals surface area contributed by atoms with Crippen LogP contribution >= 0.6 is 0 Å². The van der Waals surface area contributed by atoms with Crippen LogP contribution in [0.1, 0.15) is 41.9 Å². The maximum absolute atomic E-state index is 13.0. The maximum Gasteiger partial charge on any atom is 0.279 e. The zero-order valence-electron chi connectivity index (χ0n) is 16.9. The van der Waals surface area contributed by atoms with Crippen LogP contribution in [0.5, 0.6) is 5.75 Å². The van der Waals surface area contributed by atoms with Crippen molar-refractivity contribution in [2.45, 2.75) is 39.2 Å². The van der Waals surface area contributed by atoms with Crippen molar-refractivity contribution in [2.24, 2.45) is 5.92 Å². The number of benzene rings is 2. The van der Waals surface area contributed by atoms with E-state index in [1.165, 1.54) is 35.5 Å². The lowest BCUT2D eigenvalue weighted by molar-refractivity contribution is -0.128. The van der Waals surface area contributed by atoms with Crippen molar-refractivity contribution in [3.8, 4) is 5.75 Å². The summed E-state index contributed by atoms with van der Waals surface area (Å²) in [6.45, 7) is 3.79. The summed E-state index contributed by atoms with van der Waals surface area (Å²) in [5, 5.41) is 1.06. The molecule has 1 aliphatic carbocycles. The highest BCUT2D eigenvalue weighted by molar-refractivity contribution is 6.07. The molecule has 156 valence electrons. The van der Waals surface area contributed by atoms with Gasteiger partial charge >= 0.3 is 0 Å². The zero-order chi connectivity index (χ0) is 21.3. The highest BCUT2D eigenvalue weighted by atomic mass is 19.1. The normalized spacial score (nSPS) is 16.6. The Morgan fingerprint density at radius 1 is 1.17 bits per heavy atom. The van der Waals surface area contributed by atoms with E-state index in [0.29, 0.717) is 17.2 Å². The number of hydrogen-bond donors (Lipinski definition) is 3. The number of ether oxygens (including phenoxy) is 1. The predicted octanol–water partition coefficient (Wildman–Crippen LogP) is 3.66. The number of carbonyl (C=O) groups excluding carboxylic acids is 2. The Bertz CT molecular complexity index is 1090. The Balaban J connectivity index is 1.43. The van der Waals surface area contributed by atoms with Crippen LogP contribution in [0.3, 0.4) is 0 Å². The molecule has 3 aromatic rings. The number of hydrogen-bond acceptors (Lipinski definition) is 3. The van der Waals surface area contributed by atoms with Gasteiger partial charge in [-0.3, -0.25) is 20.4 Å². The van der Waals surface area contributed by atoms with Gasteiger partial charge in [0.05, 0.1) is 11.1 Å². The molecule has 0 saturated carbocycles. The molecule has 0 spiro atoms. The van der Waals surface area contributed by atoms with Crippen molar-refractivity contribution in [1.29, 1.82) is 0 Å². The Morgan fingerprint density at radius 2 is 1.93 bits per heavy atom. The van der Waals surface area contributed by atoms with Gasteiger partial charge in [-0.05, 0) is 68.0 Å². The average Bonchev–Trinajstić information content (AvgIpc) is 3.11. The summed E-state index contributed by atoms with van der Waals surface area (Å²) in [6, 6.07) is 11.0. The van der Waals surface area contributed by atoms with E-state index in [1.54, 1.807) is 13.0 Å². The summed E-state index contributed by atoms with van der Waals surface area (Å²) in [6.07, 6.45) is 2.23. The first-order valence-corrected chi connectivity index (χ1v) is 10.1. The highest BCUT2D eigenvalue weighted by Crippen LogP contribution is 2.32. The number of aromatic nitrogens is 1. The van der Waals surface area contributed by atoms with E-state index in [4.69, 9.17) is 4.74 Å². The van der Waals surface area contributed by atoms with Gasteiger partial charge in [0.1, 0.15) is 11.6 Å². The quantitative estimate of drug-likeness (QED) is 0.575. The van der Waals surface area contributed by atoms with E-state index in [1.807, 2.05) is 12.1 Å². The summed E-state index contributed by atoms with van der Waals surface area (Å²) in [5.74, 6) is -0.326. The number of amides is 2. The monoisotopic (exact) mass is 409 g/mol. The Morgan fingerprint density at radius 3 is 2.70 bits per heavy atom. The summed E-state index contributed by atoms with van der Waals surface area (Å²) in [7, 11) is 0. The number of aryl methyl sites for hydroxylation is 1. The number of para-hydroxylation sites is 1. The molecule has 6 nitrogen and oxygen atoms in total. The molecule has 1 heterocycles. The van der Waals surface area contributed by atoms with Crippen molar-refractivity contribution in [3.05, 3.63) is 65.1 Å². The van der Waals surface area contributed by atoms with E-state index < -0.39 is 17.9 Å². The minimum Gasteiger partial charge on any atom is -0.481 e. The van der Waals surface area contributed by atoms with Crippen LogP contribution in [0.25, 0.3) is 10.9 Å². The molecule has 0 bridgehead atoms. The second-order valence-electron chi connectivity index (χ2n) is 7.82. The topological polar surface area (TPSA) is 83.2 Å². The van der Waals surface area contributed by atoms with Gasteiger partial charge in [-0.1, -0.05) is 19.1 Å². The number of H-pyrrole nitrogens is 1. The molecule has 0 fully saturated rings. The standard InChI is InChI=1S/C23H24FN3O3/c1-13-6-11-20-19(12-13)17-4-3-5-18(21(17)25-20)23(29)27-26-22(28)14(2)30-16-9-7-15(24)8-10-16/h3-5,7-10,13-14,25H,6,11-12H2,1-2H3,(H,26,28)(H,27,29). The first-order chi connectivity index (χ1) is 14.4. The Hall–Kier alpha value is -3.35. The summed E-state index contributed by atoms with van der Waals surface area (Å²) < 4.78 is 18.4. The number of halogens is 1. The molecule has 1 aliphatic rings. The minimum absolute atomic E-state index is 0.362. The third-order valence-electron chi connectivity index (χ3n) is 5.51. The fourth-order valence-electron chi connectivity index (χ4n) is 3.86. The molecule has 0 radical (unpaired) electrons. The molecule has 2 amide bonds. The predicted molar refractivity (Wildman–Crippen MR) is 112 cm³/mol. The number of hydrazine groups is 1. The first-order valence-electron chi connectivity index (χ1n) is 10.1. The van der Waals surface area contributed by atoms with Crippen LogP contribution < -0.4 is 15.6 Å². The molecule has 2 aromatic carbocycles. The van der Waals surface area contributed by atoms with Gasteiger partial charge in [0.15, 0.2) is 6.10 Å². The van der Waals surface area contributed by atoms with Gasteiger partial charge in [-0.25, -0.2) is 4.39 Å². The van der Waals surface area contributed by atoms with E-state index in [0.717, 1.165) is 30.2 Å². The second kappa shape index (κ2) is 8.18. The number of fused-ring (bicyclic) bond motifs is 3. The molecule has 4 rings (SSSR count). The Kier molecular flexibility index (Phi) is 5.44. The fourth-order valence-corrected chi connectivity index (χ4v) is 3.86. The second-order valence-corrected chi connectivity index (χ2v) is 7.82. The van der Waals surface area contributed by atoms with Gasteiger partial charge in [0.25, 0.3) is 11.8 Å². The number of carbonyl (C=O) groups is 2. The van der Waals surface area contributed by atoms with Crippen LogP contribution in [-0.4, -0.2) is 22.9 Å².